The van der Waals surface area contributed by atoms with Gasteiger partial charge in [0.25, 0.3) is 0 Å². The van der Waals surface area contributed by atoms with Crippen LogP contribution in [0.1, 0.15) is 51.9 Å². The topological polar surface area (TPSA) is 61.5 Å². The lowest BCUT2D eigenvalue weighted by Gasteiger charge is -2.07. The SMILES string of the molecule is CCCCCCCCOC(=O)CCOc1cccc(N)c1. The molecule has 0 aliphatic carbocycles. The quantitative estimate of drug-likeness (QED) is 0.381. The molecule has 0 amide bonds. The summed E-state index contributed by atoms with van der Waals surface area (Å²) < 4.78 is 10.6. The zero-order chi connectivity index (χ0) is 15.3. The fourth-order valence-corrected chi connectivity index (χ4v) is 2.00. The van der Waals surface area contributed by atoms with E-state index in [0.717, 1.165) is 12.8 Å². The average molecular weight is 293 g/mol. The summed E-state index contributed by atoms with van der Waals surface area (Å²) in [6, 6.07) is 7.17. The van der Waals surface area contributed by atoms with Crippen LogP contribution in [-0.4, -0.2) is 19.2 Å². The number of benzene rings is 1. The highest BCUT2D eigenvalue weighted by atomic mass is 16.5. The van der Waals surface area contributed by atoms with Gasteiger partial charge in [-0.1, -0.05) is 45.1 Å². The van der Waals surface area contributed by atoms with Crippen LogP contribution in [0.15, 0.2) is 24.3 Å². The van der Waals surface area contributed by atoms with Gasteiger partial charge in [0.15, 0.2) is 0 Å². The number of nitrogen functional groups attached to an aromatic ring is 1. The molecule has 1 aromatic carbocycles. The summed E-state index contributed by atoms with van der Waals surface area (Å²) in [4.78, 5) is 11.5. The molecule has 21 heavy (non-hydrogen) atoms. The Labute approximate surface area is 127 Å². The maximum absolute atomic E-state index is 11.5. The van der Waals surface area contributed by atoms with Crippen molar-refractivity contribution in [3.63, 3.8) is 0 Å². The Morgan fingerprint density at radius 1 is 1.10 bits per heavy atom. The molecule has 0 aliphatic heterocycles. The molecule has 118 valence electrons. The first-order valence-corrected chi connectivity index (χ1v) is 7.86. The van der Waals surface area contributed by atoms with E-state index in [1.54, 1.807) is 12.1 Å². The highest BCUT2D eigenvalue weighted by Crippen LogP contribution is 2.14. The van der Waals surface area contributed by atoms with Crippen molar-refractivity contribution in [2.45, 2.75) is 51.9 Å². The molecule has 4 nitrogen and oxygen atoms in total. The Morgan fingerprint density at radius 3 is 2.62 bits per heavy atom. The van der Waals surface area contributed by atoms with E-state index in [1.165, 1.54) is 25.7 Å². The van der Waals surface area contributed by atoms with Crippen LogP contribution < -0.4 is 10.5 Å². The number of carbonyl (C=O) groups is 1. The van der Waals surface area contributed by atoms with Gasteiger partial charge in [-0.15, -0.1) is 0 Å². The van der Waals surface area contributed by atoms with Gasteiger partial charge in [0.1, 0.15) is 5.75 Å². The van der Waals surface area contributed by atoms with Crippen LogP contribution >= 0.6 is 0 Å². The summed E-state index contributed by atoms with van der Waals surface area (Å²) in [5.74, 6) is 0.478. The molecular weight excluding hydrogens is 266 g/mol. The predicted octanol–water partition coefficient (Wildman–Crippen LogP) is 3.94. The molecule has 0 radical (unpaired) electrons. The molecule has 0 bridgehead atoms. The lowest BCUT2D eigenvalue weighted by Crippen LogP contribution is -2.10. The van der Waals surface area contributed by atoms with E-state index in [9.17, 15) is 4.79 Å². The highest BCUT2D eigenvalue weighted by molar-refractivity contribution is 5.69. The molecule has 1 rings (SSSR count). The van der Waals surface area contributed by atoms with Crippen LogP contribution in [0, 0.1) is 0 Å². The van der Waals surface area contributed by atoms with E-state index in [2.05, 4.69) is 6.92 Å². The van der Waals surface area contributed by atoms with E-state index in [4.69, 9.17) is 15.2 Å². The first-order chi connectivity index (χ1) is 10.2. The predicted molar refractivity (Wildman–Crippen MR) is 85.3 cm³/mol. The molecule has 0 spiro atoms. The normalized spacial score (nSPS) is 10.3. The summed E-state index contributed by atoms with van der Waals surface area (Å²) in [7, 11) is 0. The Morgan fingerprint density at radius 2 is 1.86 bits per heavy atom. The Bertz CT molecular complexity index is 407. The number of rotatable bonds is 11. The third kappa shape index (κ3) is 8.95. The standard InChI is InChI=1S/C17H27NO3/c1-2-3-4-5-6-7-12-21-17(19)11-13-20-16-10-8-9-15(18)14-16/h8-10,14H,2-7,11-13,18H2,1H3. The fraction of sp³-hybridized carbons (Fsp3) is 0.588. The molecule has 0 aliphatic rings. The van der Waals surface area contributed by atoms with Crippen molar-refractivity contribution in [1.82, 2.24) is 0 Å². The fourth-order valence-electron chi connectivity index (χ4n) is 2.00. The molecule has 0 unspecified atom stereocenters. The summed E-state index contributed by atoms with van der Waals surface area (Å²) in [6.45, 7) is 3.04. The Balaban J connectivity index is 1.99. The third-order valence-electron chi connectivity index (χ3n) is 3.19. The second-order valence-electron chi connectivity index (χ2n) is 5.16. The van der Waals surface area contributed by atoms with E-state index >= 15 is 0 Å². The van der Waals surface area contributed by atoms with Gasteiger partial charge in [-0.3, -0.25) is 4.79 Å². The molecule has 4 heteroatoms. The van der Waals surface area contributed by atoms with Gasteiger partial charge in [0, 0.05) is 11.8 Å². The molecule has 1 aromatic rings. The maximum atomic E-state index is 11.5. The molecule has 0 aromatic heterocycles. The Hall–Kier alpha value is -1.71. The number of carbonyl (C=O) groups excluding carboxylic acids is 1. The summed E-state index contributed by atoms with van der Waals surface area (Å²) in [5.41, 5.74) is 6.29. The van der Waals surface area contributed by atoms with Crippen LogP contribution in [0.3, 0.4) is 0 Å². The second-order valence-corrected chi connectivity index (χ2v) is 5.16. The summed E-state index contributed by atoms with van der Waals surface area (Å²) >= 11 is 0. The molecule has 2 N–H and O–H groups in total. The van der Waals surface area contributed by atoms with Crippen molar-refractivity contribution in [3.8, 4) is 5.75 Å². The second kappa shape index (κ2) is 11.0. The molecule has 0 fully saturated rings. The molecule has 0 saturated heterocycles. The zero-order valence-corrected chi connectivity index (χ0v) is 13.0. The van der Waals surface area contributed by atoms with Crippen molar-refractivity contribution >= 4 is 11.7 Å². The van der Waals surface area contributed by atoms with Crippen molar-refractivity contribution in [2.75, 3.05) is 18.9 Å². The van der Waals surface area contributed by atoms with Crippen molar-refractivity contribution < 1.29 is 14.3 Å². The number of unbranched alkanes of at least 4 members (excludes halogenated alkanes) is 5. The van der Waals surface area contributed by atoms with Crippen LogP contribution in [0.2, 0.25) is 0 Å². The lowest BCUT2D eigenvalue weighted by molar-refractivity contribution is -0.144. The molecular formula is C17H27NO3. The van der Waals surface area contributed by atoms with Crippen molar-refractivity contribution in [3.05, 3.63) is 24.3 Å². The number of ether oxygens (including phenoxy) is 2. The largest absolute Gasteiger partial charge is 0.493 e. The van der Waals surface area contributed by atoms with Gasteiger partial charge >= 0.3 is 5.97 Å². The van der Waals surface area contributed by atoms with Crippen molar-refractivity contribution in [1.29, 1.82) is 0 Å². The number of anilines is 1. The number of hydrogen-bond acceptors (Lipinski definition) is 4. The number of esters is 1. The Kier molecular flexibility index (Phi) is 9.09. The first kappa shape index (κ1) is 17.3. The van der Waals surface area contributed by atoms with Gasteiger partial charge in [0.05, 0.1) is 19.6 Å². The van der Waals surface area contributed by atoms with E-state index in [1.807, 2.05) is 12.1 Å². The van der Waals surface area contributed by atoms with Crippen molar-refractivity contribution in [2.24, 2.45) is 0 Å². The lowest BCUT2D eigenvalue weighted by atomic mass is 10.1. The van der Waals surface area contributed by atoms with Gasteiger partial charge in [-0.25, -0.2) is 0 Å². The van der Waals surface area contributed by atoms with Crippen LogP contribution in [0.5, 0.6) is 5.75 Å². The smallest absolute Gasteiger partial charge is 0.309 e. The zero-order valence-electron chi connectivity index (χ0n) is 13.0. The van der Waals surface area contributed by atoms with Gasteiger partial charge in [-0.05, 0) is 18.6 Å². The van der Waals surface area contributed by atoms with Gasteiger partial charge in [0.2, 0.25) is 0 Å². The summed E-state index contributed by atoms with van der Waals surface area (Å²) in [6.07, 6.45) is 7.40. The van der Waals surface area contributed by atoms with Gasteiger partial charge < -0.3 is 15.2 Å². The maximum Gasteiger partial charge on any atom is 0.309 e. The van der Waals surface area contributed by atoms with Crippen LogP contribution in [-0.2, 0) is 9.53 Å². The van der Waals surface area contributed by atoms with Gasteiger partial charge in [-0.2, -0.15) is 0 Å². The monoisotopic (exact) mass is 293 g/mol. The molecule has 0 saturated carbocycles. The molecule has 0 heterocycles. The van der Waals surface area contributed by atoms with E-state index in [0.29, 0.717) is 24.7 Å². The third-order valence-corrected chi connectivity index (χ3v) is 3.19. The highest BCUT2D eigenvalue weighted by Gasteiger charge is 2.03. The first-order valence-electron chi connectivity index (χ1n) is 7.86. The van der Waals surface area contributed by atoms with E-state index < -0.39 is 0 Å². The minimum atomic E-state index is -0.201. The average Bonchev–Trinajstić information content (AvgIpc) is 2.46. The minimum Gasteiger partial charge on any atom is -0.493 e. The number of nitrogens with two attached hydrogens (primary N) is 1. The van der Waals surface area contributed by atoms with Crippen LogP contribution in [0.4, 0.5) is 5.69 Å². The minimum absolute atomic E-state index is 0.201. The molecule has 0 atom stereocenters. The van der Waals surface area contributed by atoms with E-state index in [-0.39, 0.29) is 12.4 Å². The van der Waals surface area contributed by atoms with Crippen LogP contribution in [0.25, 0.3) is 0 Å². The summed E-state index contributed by atoms with van der Waals surface area (Å²) in [5, 5.41) is 0. The number of hydrogen-bond donors (Lipinski definition) is 1.